The predicted octanol–water partition coefficient (Wildman–Crippen LogP) is 4.95. The van der Waals surface area contributed by atoms with Crippen molar-refractivity contribution in [2.45, 2.75) is 65.5 Å². The van der Waals surface area contributed by atoms with E-state index in [2.05, 4.69) is 57.3 Å². The SMILES string of the molecule is CC1CCC(CNC(C)c2ccc(OC(C)C)cc2)CC1. The smallest absolute Gasteiger partial charge is 0.119 e. The Morgan fingerprint density at radius 3 is 2.24 bits per heavy atom. The zero-order chi connectivity index (χ0) is 15.2. The van der Waals surface area contributed by atoms with E-state index in [0.717, 1.165) is 24.1 Å². The van der Waals surface area contributed by atoms with Crippen LogP contribution in [0, 0.1) is 11.8 Å². The first-order valence-electron chi connectivity index (χ1n) is 8.54. The summed E-state index contributed by atoms with van der Waals surface area (Å²) in [5, 5.41) is 3.70. The first-order valence-corrected chi connectivity index (χ1v) is 8.54. The van der Waals surface area contributed by atoms with Gasteiger partial charge in [-0.2, -0.15) is 0 Å². The highest BCUT2D eigenvalue weighted by Gasteiger charge is 2.18. The van der Waals surface area contributed by atoms with E-state index in [-0.39, 0.29) is 6.10 Å². The Morgan fingerprint density at radius 1 is 1.05 bits per heavy atom. The van der Waals surface area contributed by atoms with Gasteiger partial charge in [0.25, 0.3) is 0 Å². The molecule has 1 aromatic carbocycles. The fourth-order valence-corrected chi connectivity index (χ4v) is 3.10. The zero-order valence-corrected chi connectivity index (χ0v) is 14.1. The Hall–Kier alpha value is -1.02. The molecule has 0 spiro atoms. The maximum absolute atomic E-state index is 5.69. The van der Waals surface area contributed by atoms with E-state index in [1.807, 2.05) is 0 Å². The molecular weight excluding hydrogens is 258 g/mol. The summed E-state index contributed by atoms with van der Waals surface area (Å²) in [7, 11) is 0. The van der Waals surface area contributed by atoms with Gasteiger partial charge in [0.2, 0.25) is 0 Å². The Morgan fingerprint density at radius 2 is 1.67 bits per heavy atom. The normalized spacial score (nSPS) is 24.0. The summed E-state index contributed by atoms with van der Waals surface area (Å²) in [5.41, 5.74) is 1.34. The highest BCUT2D eigenvalue weighted by atomic mass is 16.5. The standard InChI is InChI=1S/C19H31NO/c1-14(2)21-19-11-9-18(10-12-19)16(4)20-13-17-7-5-15(3)6-8-17/h9-12,14-17,20H,5-8,13H2,1-4H3. The molecule has 0 aromatic heterocycles. The Labute approximate surface area is 130 Å². The van der Waals surface area contributed by atoms with Crippen LogP contribution < -0.4 is 10.1 Å². The van der Waals surface area contributed by atoms with Crippen molar-refractivity contribution < 1.29 is 4.74 Å². The van der Waals surface area contributed by atoms with Crippen molar-refractivity contribution in [2.75, 3.05) is 6.54 Å². The van der Waals surface area contributed by atoms with E-state index in [9.17, 15) is 0 Å². The van der Waals surface area contributed by atoms with Gasteiger partial charge in [-0.05, 0) is 69.7 Å². The minimum atomic E-state index is 0.236. The molecular formula is C19H31NO. The van der Waals surface area contributed by atoms with Gasteiger partial charge in [-0.15, -0.1) is 0 Å². The molecule has 0 radical (unpaired) electrons. The average Bonchev–Trinajstić information content (AvgIpc) is 2.46. The molecule has 1 aromatic rings. The van der Waals surface area contributed by atoms with Gasteiger partial charge in [0.1, 0.15) is 5.75 Å². The lowest BCUT2D eigenvalue weighted by Crippen LogP contribution is -2.28. The largest absolute Gasteiger partial charge is 0.491 e. The van der Waals surface area contributed by atoms with Crippen LogP contribution in [0.1, 0.15) is 65.0 Å². The highest BCUT2D eigenvalue weighted by Crippen LogP contribution is 2.28. The molecule has 1 aliphatic rings. The maximum atomic E-state index is 5.69. The molecule has 0 heterocycles. The molecule has 21 heavy (non-hydrogen) atoms. The van der Waals surface area contributed by atoms with Crippen LogP contribution in [0.4, 0.5) is 0 Å². The van der Waals surface area contributed by atoms with Gasteiger partial charge in [0.15, 0.2) is 0 Å². The number of nitrogens with one attached hydrogen (secondary N) is 1. The topological polar surface area (TPSA) is 21.3 Å². The van der Waals surface area contributed by atoms with Crippen molar-refractivity contribution >= 4 is 0 Å². The van der Waals surface area contributed by atoms with Crippen LogP contribution in [-0.2, 0) is 0 Å². The predicted molar refractivity (Wildman–Crippen MR) is 89.7 cm³/mol. The fraction of sp³-hybridized carbons (Fsp3) is 0.684. The van der Waals surface area contributed by atoms with Crippen LogP contribution in [-0.4, -0.2) is 12.6 Å². The van der Waals surface area contributed by atoms with Gasteiger partial charge >= 0.3 is 0 Å². The molecule has 1 aliphatic carbocycles. The summed E-state index contributed by atoms with van der Waals surface area (Å²) in [6.45, 7) is 9.90. The number of ether oxygens (including phenoxy) is 1. The third-order valence-electron chi connectivity index (χ3n) is 4.60. The van der Waals surface area contributed by atoms with Gasteiger partial charge in [0.05, 0.1) is 6.10 Å². The number of benzene rings is 1. The lowest BCUT2D eigenvalue weighted by atomic mass is 9.83. The highest BCUT2D eigenvalue weighted by molar-refractivity contribution is 5.29. The minimum Gasteiger partial charge on any atom is -0.491 e. The molecule has 1 unspecified atom stereocenters. The second-order valence-corrected chi connectivity index (χ2v) is 6.99. The number of hydrogen-bond acceptors (Lipinski definition) is 2. The zero-order valence-electron chi connectivity index (χ0n) is 14.1. The van der Waals surface area contributed by atoms with Crippen LogP contribution in [0.3, 0.4) is 0 Å². The molecule has 1 saturated carbocycles. The van der Waals surface area contributed by atoms with Crippen LogP contribution in [0.25, 0.3) is 0 Å². The van der Waals surface area contributed by atoms with Gasteiger partial charge in [-0.25, -0.2) is 0 Å². The summed E-state index contributed by atoms with van der Waals surface area (Å²) in [4.78, 5) is 0. The van der Waals surface area contributed by atoms with E-state index < -0.39 is 0 Å². The van der Waals surface area contributed by atoms with E-state index in [1.54, 1.807) is 0 Å². The third kappa shape index (κ3) is 5.35. The molecule has 0 aliphatic heterocycles. The third-order valence-corrected chi connectivity index (χ3v) is 4.60. The van der Waals surface area contributed by atoms with Crippen molar-refractivity contribution in [3.63, 3.8) is 0 Å². The molecule has 1 atom stereocenters. The van der Waals surface area contributed by atoms with Gasteiger partial charge in [-0.1, -0.05) is 31.9 Å². The Bertz CT molecular complexity index is 404. The Balaban J connectivity index is 1.78. The van der Waals surface area contributed by atoms with Crippen molar-refractivity contribution in [1.29, 1.82) is 0 Å². The van der Waals surface area contributed by atoms with Gasteiger partial charge < -0.3 is 10.1 Å². The summed E-state index contributed by atoms with van der Waals surface area (Å²) in [6.07, 6.45) is 5.83. The van der Waals surface area contributed by atoms with Crippen molar-refractivity contribution in [2.24, 2.45) is 11.8 Å². The molecule has 2 heteroatoms. The quantitative estimate of drug-likeness (QED) is 0.800. The molecule has 1 fully saturated rings. The van der Waals surface area contributed by atoms with Crippen molar-refractivity contribution in [3.05, 3.63) is 29.8 Å². The van der Waals surface area contributed by atoms with E-state index >= 15 is 0 Å². The minimum absolute atomic E-state index is 0.236. The van der Waals surface area contributed by atoms with Crippen molar-refractivity contribution in [1.82, 2.24) is 5.32 Å². The number of rotatable bonds is 6. The molecule has 0 amide bonds. The molecule has 1 N–H and O–H groups in total. The van der Waals surface area contributed by atoms with Crippen molar-refractivity contribution in [3.8, 4) is 5.75 Å². The second kappa shape index (κ2) is 7.84. The van der Waals surface area contributed by atoms with Crippen LogP contribution in [0.15, 0.2) is 24.3 Å². The molecule has 2 nitrogen and oxygen atoms in total. The molecule has 2 rings (SSSR count). The lowest BCUT2D eigenvalue weighted by molar-refractivity contribution is 0.242. The van der Waals surface area contributed by atoms with Gasteiger partial charge in [-0.3, -0.25) is 0 Å². The summed E-state index contributed by atoms with van der Waals surface area (Å²) >= 11 is 0. The van der Waals surface area contributed by atoms with E-state index in [4.69, 9.17) is 4.74 Å². The monoisotopic (exact) mass is 289 g/mol. The lowest BCUT2D eigenvalue weighted by Gasteiger charge is -2.27. The van der Waals surface area contributed by atoms with Crippen LogP contribution in [0.5, 0.6) is 5.75 Å². The summed E-state index contributed by atoms with van der Waals surface area (Å²) in [6, 6.07) is 8.93. The summed E-state index contributed by atoms with van der Waals surface area (Å²) < 4.78 is 5.69. The Kier molecular flexibility index (Phi) is 6.10. The first kappa shape index (κ1) is 16.4. The maximum Gasteiger partial charge on any atom is 0.119 e. The summed E-state index contributed by atoms with van der Waals surface area (Å²) in [5.74, 6) is 2.77. The molecule has 0 saturated heterocycles. The van der Waals surface area contributed by atoms with E-state index in [0.29, 0.717) is 6.04 Å². The van der Waals surface area contributed by atoms with Gasteiger partial charge in [0, 0.05) is 6.04 Å². The molecule has 118 valence electrons. The van der Waals surface area contributed by atoms with Crippen LogP contribution in [0.2, 0.25) is 0 Å². The second-order valence-electron chi connectivity index (χ2n) is 6.99. The first-order chi connectivity index (χ1) is 10.0. The fourth-order valence-electron chi connectivity index (χ4n) is 3.10. The number of hydrogen-bond donors (Lipinski definition) is 1. The average molecular weight is 289 g/mol. The van der Waals surface area contributed by atoms with E-state index in [1.165, 1.54) is 31.2 Å². The van der Waals surface area contributed by atoms with Crippen LogP contribution >= 0.6 is 0 Å². The molecule has 0 bridgehead atoms.